The van der Waals surface area contributed by atoms with Gasteiger partial charge in [-0.2, -0.15) is 0 Å². The maximum Gasteiger partial charge on any atom is 0.321 e. The summed E-state index contributed by atoms with van der Waals surface area (Å²) in [4.78, 5) is 34.9. The van der Waals surface area contributed by atoms with Crippen LogP contribution in [0.2, 0.25) is 0 Å². The van der Waals surface area contributed by atoms with E-state index in [1.807, 2.05) is 41.1 Å². The number of urea groups is 1. The maximum atomic E-state index is 13.8. The van der Waals surface area contributed by atoms with Crippen LogP contribution >= 0.6 is 0 Å². The lowest BCUT2D eigenvalue weighted by Crippen LogP contribution is -2.57. The highest BCUT2D eigenvalue weighted by Gasteiger charge is 2.54. The van der Waals surface area contributed by atoms with Gasteiger partial charge < -0.3 is 19.4 Å². The zero-order valence-electron chi connectivity index (χ0n) is 23.1. The number of rotatable bonds is 9. The zero-order chi connectivity index (χ0) is 26.6. The quantitative estimate of drug-likeness (QED) is 0.500. The summed E-state index contributed by atoms with van der Waals surface area (Å²) in [7, 11) is 7.80. The summed E-state index contributed by atoms with van der Waals surface area (Å²) < 4.78 is 5.29. The van der Waals surface area contributed by atoms with Gasteiger partial charge in [0.15, 0.2) is 0 Å². The SMILES string of the molecule is CCCN(C)C(=O)CN1C(=O)N(Cc2ccc(OC)cc2)CC12CCC(c1ccccc1)(N(C)C)CC2. The lowest BCUT2D eigenvalue weighted by Gasteiger charge is -2.51. The number of benzene rings is 2. The molecule has 200 valence electrons. The Hall–Kier alpha value is -3.06. The number of ether oxygens (including phenoxy) is 1. The minimum Gasteiger partial charge on any atom is -0.497 e. The molecule has 0 radical (unpaired) electrons. The van der Waals surface area contributed by atoms with Gasteiger partial charge in [0.25, 0.3) is 0 Å². The van der Waals surface area contributed by atoms with Crippen LogP contribution < -0.4 is 4.74 Å². The molecule has 1 heterocycles. The molecule has 0 N–H and O–H groups in total. The monoisotopic (exact) mass is 506 g/mol. The summed E-state index contributed by atoms with van der Waals surface area (Å²) in [6.45, 7) is 4.06. The molecule has 0 aromatic heterocycles. The van der Waals surface area contributed by atoms with Gasteiger partial charge in [-0.05, 0) is 69.5 Å². The molecule has 1 saturated heterocycles. The molecule has 0 unspecified atom stereocenters. The van der Waals surface area contributed by atoms with E-state index in [0.29, 0.717) is 19.6 Å². The molecular formula is C30H42N4O3. The number of carbonyl (C=O) groups excluding carboxylic acids is 2. The summed E-state index contributed by atoms with van der Waals surface area (Å²) in [6.07, 6.45) is 4.48. The second-order valence-electron chi connectivity index (χ2n) is 10.9. The standard InChI is InChI=1S/C30H42N4O3/c1-6-20-32(4)27(35)22-34-28(36)33(21-24-12-14-26(37-5)15-13-24)23-29(34)16-18-30(19-17-29,31(2)3)25-10-8-7-9-11-25/h7-15H,6,16-23H2,1-5H3. The van der Waals surface area contributed by atoms with E-state index in [0.717, 1.165) is 43.4 Å². The number of hydrogen-bond acceptors (Lipinski definition) is 4. The van der Waals surface area contributed by atoms with Crippen LogP contribution in [0.3, 0.4) is 0 Å². The second kappa shape index (κ2) is 11.1. The third-order valence-corrected chi connectivity index (χ3v) is 8.54. The highest BCUT2D eigenvalue weighted by Crippen LogP contribution is 2.49. The van der Waals surface area contributed by atoms with Crippen LogP contribution in [0.1, 0.15) is 50.2 Å². The average Bonchev–Trinajstić information content (AvgIpc) is 3.15. The Balaban J connectivity index is 1.60. The van der Waals surface area contributed by atoms with E-state index < -0.39 is 0 Å². The lowest BCUT2D eigenvalue weighted by molar-refractivity contribution is -0.131. The fourth-order valence-electron chi connectivity index (χ4n) is 6.21. The van der Waals surface area contributed by atoms with Gasteiger partial charge in [0.05, 0.1) is 12.6 Å². The zero-order valence-corrected chi connectivity index (χ0v) is 23.1. The molecule has 37 heavy (non-hydrogen) atoms. The van der Waals surface area contributed by atoms with Crippen molar-refractivity contribution in [2.75, 3.05) is 47.9 Å². The molecule has 1 aliphatic carbocycles. The Kier molecular flexibility index (Phi) is 8.12. The highest BCUT2D eigenvalue weighted by atomic mass is 16.5. The molecule has 2 aromatic carbocycles. The van der Waals surface area contributed by atoms with Gasteiger partial charge in [-0.1, -0.05) is 49.4 Å². The Bertz CT molecular complexity index is 1060. The smallest absolute Gasteiger partial charge is 0.321 e. The molecule has 7 nitrogen and oxygen atoms in total. The molecular weight excluding hydrogens is 464 g/mol. The van der Waals surface area contributed by atoms with Crippen LogP contribution in [0.5, 0.6) is 5.75 Å². The van der Waals surface area contributed by atoms with Gasteiger partial charge in [0, 0.05) is 32.2 Å². The van der Waals surface area contributed by atoms with Crippen LogP contribution in [-0.4, -0.2) is 85.0 Å². The van der Waals surface area contributed by atoms with Gasteiger partial charge >= 0.3 is 6.03 Å². The number of nitrogens with zero attached hydrogens (tertiary/aromatic N) is 4. The van der Waals surface area contributed by atoms with Crippen molar-refractivity contribution < 1.29 is 14.3 Å². The van der Waals surface area contributed by atoms with Crippen molar-refractivity contribution in [3.05, 3.63) is 65.7 Å². The van der Waals surface area contributed by atoms with Crippen LogP contribution in [0, 0.1) is 0 Å². The summed E-state index contributed by atoms with van der Waals surface area (Å²) in [5.41, 5.74) is 1.96. The third-order valence-electron chi connectivity index (χ3n) is 8.54. The van der Waals surface area contributed by atoms with Crippen LogP contribution in [0.25, 0.3) is 0 Å². The number of methoxy groups -OCH3 is 1. The molecule has 0 atom stereocenters. The normalized spacial score (nSPS) is 23.7. The van der Waals surface area contributed by atoms with E-state index in [9.17, 15) is 9.59 Å². The van der Waals surface area contributed by atoms with E-state index in [4.69, 9.17) is 4.74 Å². The van der Waals surface area contributed by atoms with E-state index in [2.05, 4.69) is 56.3 Å². The van der Waals surface area contributed by atoms with Crippen molar-refractivity contribution in [3.63, 3.8) is 0 Å². The molecule has 0 bridgehead atoms. The van der Waals surface area contributed by atoms with Crippen LogP contribution in [0.15, 0.2) is 54.6 Å². The van der Waals surface area contributed by atoms with E-state index in [-0.39, 0.29) is 29.6 Å². The molecule has 7 heteroatoms. The molecule has 1 saturated carbocycles. The first-order chi connectivity index (χ1) is 17.7. The van der Waals surface area contributed by atoms with E-state index >= 15 is 0 Å². The Morgan fingerprint density at radius 3 is 2.19 bits per heavy atom. The van der Waals surface area contributed by atoms with Gasteiger partial charge in [0.1, 0.15) is 12.3 Å². The van der Waals surface area contributed by atoms with E-state index in [1.165, 1.54) is 5.56 Å². The van der Waals surface area contributed by atoms with Gasteiger partial charge in [-0.15, -0.1) is 0 Å². The average molecular weight is 507 g/mol. The van der Waals surface area contributed by atoms with Crippen LogP contribution in [0.4, 0.5) is 4.79 Å². The molecule has 4 rings (SSSR count). The Morgan fingerprint density at radius 2 is 1.62 bits per heavy atom. The van der Waals surface area contributed by atoms with Crippen molar-refractivity contribution >= 4 is 11.9 Å². The highest BCUT2D eigenvalue weighted by molar-refractivity contribution is 5.86. The van der Waals surface area contributed by atoms with Crippen molar-refractivity contribution in [2.45, 2.75) is 56.7 Å². The fourth-order valence-corrected chi connectivity index (χ4v) is 6.21. The minimum atomic E-state index is -0.347. The molecule has 1 aliphatic heterocycles. The fraction of sp³-hybridized carbons (Fsp3) is 0.533. The topological polar surface area (TPSA) is 56.3 Å². The van der Waals surface area contributed by atoms with Gasteiger partial charge in [-0.25, -0.2) is 4.79 Å². The molecule has 2 aliphatic rings. The third kappa shape index (κ3) is 5.33. The predicted molar refractivity (Wildman–Crippen MR) is 146 cm³/mol. The first-order valence-electron chi connectivity index (χ1n) is 13.4. The first kappa shape index (κ1) is 27.0. The van der Waals surface area contributed by atoms with Crippen LogP contribution in [-0.2, 0) is 16.9 Å². The summed E-state index contributed by atoms with van der Waals surface area (Å²) in [6, 6.07) is 18.5. The predicted octanol–water partition coefficient (Wildman–Crippen LogP) is 4.57. The number of carbonyl (C=O) groups is 2. The van der Waals surface area contributed by atoms with Gasteiger partial charge in [0.2, 0.25) is 5.91 Å². The Morgan fingerprint density at radius 1 is 0.973 bits per heavy atom. The summed E-state index contributed by atoms with van der Waals surface area (Å²) in [5, 5.41) is 0. The molecule has 2 fully saturated rings. The summed E-state index contributed by atoms with van der Waals surface area (Å²) in [5.74, 6) is 0.806. The molecule has 1 spiro atoms. The van der Waals surface area contributed by atoms with Crippen molar-refractivity contribution in [1.82, 2.24) is 19.6 Å². The number of amides is 3. The van der Waals surface area contributed by atoms with Crippen molar-refractivity contribution in [3.8, 4) is 5.75 Å². The number of likely N-dealkylation sites (N-methyl/N-ethyl adjacent to an activating group) is 1. The van der Waals surface area contributed by atoms with Gasteiger partial charge in [-0.3, -0.25) is 9.69 Å². The molecule has 3 amide bonds. The first-order valence-corrected chi connectivity index (χ1v) is 13.4. The Labute approximate surface area is 222 Å². The largest absolute Gasteiger partial charge is 0.497 e. The second-order valence-corrected chi connectivity index (χ2v) is 10.9. The minimum absolute atomic E-state index is 0.00776. The molecule has 2 aromatic rings. The van der Waals surface area contributed by atoms with Crippen molar-refractivity contribution in [1.29, 1.82) is 0 Å². The summed E-state index contributed by atoms with van der Waals surface area (Å²) >= 11 is 0. The number of hydrogen-bond donors (Lipinski definition) is 0. The van der Waals surface area contributed by atoms with E-state index in [1.54, 1.807) is 12.0 Å². The lowest BCUT2D eigenvalue weighted by atomic mass is 9.68. The maximum absolute atomic E-state index is 13.8. The van der Waals surface area contributed by atoms with Crippen molar-refractivity contribution in [2.24, 2.45) is 0 Å².